The fourth-order valence-corrected chi connectivity index (χ4v) is 7.75. The largest absolute Gasteiger partial charge is 0.456 e. The summed E-state index contributed by atoms with van der Waals surface area (Å²) in [5.74, 6) is 0. The number of hydrogen-bond donors (Lipinski definition) is 0. The fraction of sp³-hybridized carbons (Fsp3) is 0. The van der Waals surface area contributed by atoms with Crippen LogP contribution in [0.4, 0.5) is 17.1 Å². The van der Waals surface area contributed by atoms with Gasteiger partial charge in [-0.2, -0.15) is 0 Å². The van der Waals surface area contributed by atoms with Crippen LogP contribution in [0.3, 0.4) is 0 Å². The highest BCUT2D eigenvalue weighted by atomic mass is 16.3. The van der Waals surface area contributed by atoms with Crippen molar-refractivity contribution in [3.63, 3.8) is 0 Å². The Balaban J connectivity index is 1.07. The Kier molecular flexibility index (Phi) is 7.18. The molecule has 9 aromatic carbocycles. The van der Waals surface area contributed by atoms with Crippen molar-refractivity contribution in [1.82, 2.24) is 0 Å². The number of anilines is 3. The van der Waals surface area contributed by atoms with Crippen LogP contribution in [0, 0.1) is 0 Å². The van der Waals surface area contributed by atoms with Gasteiger partial charge in [0.2, 0.25) is 0 Å². The highest BCUT2D eigenvalue weighted by molar-refractivity contribution is 6.19. The lowest BCUT2D eigenvalue weighted by Gasteiger charge is -2.28. The molecule has 0 N–H and O–H groups in total. The van der Waals surface area contributed by atoms with Gasteiger partial charge in [0.1, 0.15) is 11.2 Å². The molecule has 0 atom stereocenters. The lowest BCUT2D eigenvalue weighted by Crippen LogP contribution is -2.11. The Hall–Kier alpha value is -6.90. The van der Waals surface area contributed by atoms with Crippen LogP contribution in [-0.2, 0) is 0 Å². The Morgan fingerprint density at radius 3 is 1.69 bits per heavy atom. The SMILES string of the molecule is c1ccc(-c2ccccc2N(c2ccc(-c3ccc4c(c3)oc3ccc5ccccc5c34)cc2)c2ccc(-c3cccc4ccccc34)cc2)cc1. The lowest BCUT2D eigenvalue weighted by atomic mass is 9.97. The van der Waals surface area contributed by atoms with Gasteiger partial charge in [-0.1, -0.05) is 152 Å². The van der Waals surface area contributed by atoms with E-state index in [0.29, 0.717) is 0 Å². The summed E-state index contributed by atoms with van der Waals surface area (Å²) in [5, 5.41) is 7.26. The smallest absolute Gasteiger partial charge is 0.136 e. The number of hydrogen-bond acceptors (Lipinski definition) is 2. The predicted molar refractivity (Wildman–Crippen MR) is 220 cm³/mol. The van der Waals surface area contributed by atoms with Gasteiger partial charge in [-0.05, 0) is 97.9 Å². The highest BCUT2D eigenvalue weighted by Gasteiger charge is 2.18. The molecule has 0 saturated heterocycles. The summed E-state index contributed by atoms with van der Waals surface area (Å²) in [6.07, 6.45) is 0. The first-order valence-corrected chi connectivity index (χ1v) is 17.8. The average molecular weight is 664 g/mol. The maximum absolute atomic E-state index is 6.41. The summed E-state index contributed by atoms with van der Waals surface area (Å²) in [7, 11) is 0. The van der Waals surface area contributed by atoms with Crippen molar-refractivity contribution in [3.05, 3.63) is 200 Å². The number of rotatable bonds is 6. The van der Waals surface area contributed by atoms with Crippen molar-refractivity contribution in [2.75, 3.05) is 4.90 Å². The Labute approximate surface area is 302 Å². The minimum atomic E-state index is 0.901. The van der Waals surface area contributed by atoms with Crippen LogP contribution < -0.4 is 4.90 Å². The van der Waals surface area contributed by atoms with E-state index in [1.165, 1.54) is 49.2 Å². The van der Waals surface area contributed by atoms with Crippen molar-refractivity contribution in [2.45, 2.75) is 0 Å². The molecule has 0 saturated carbocycles. The third kappa shape index (κ3) is 5.12. The first-order valence-electron chi connectivity index (χ1n) is 17.8. The molecule has 0 aliphatic carbocycles. The summed E-state index contributed by atoms with van der Waals surface area (Å²) in [4.78, 5) is 2.37. The van der Waals surface area contributed by atoms with E-state index in [1.54, 1.807) is 0 Å². The van der Waals surface area contributed by atoms with E-state index < -0.39 is 0 Å². The van der Waals surface area contributed by atoms with Gasteiger partial charge in [-0.3, -0.25) is 0 Å². The molecule has 0 radical (unpaired) electrons. The second-order valence-corrected chi connectivity index (χ2v) is 13.3. The van der Waals surface area contributed by atoms with Gasteiger partial charge < -0.3 is 9.32 Å². The third-order valence-corrected chi connectivity index (χ3v) is 10.3. The molecule has 0 unspecified atom stereocenters. The van der Waals surface area contributed by atoms with Crippen LogP contribution in [0.25, 0.3) is 76.9 Å². The van der Waals surface area contributed by atoms with Gasteiger partial charge in [0, 0.05) is 27.7 Å². The highest BCUT2D eigenvalue weighted by Crippen LogP contribution is 2.43. The second-order valence-electron chi connectivity index (χ2n) is 13.3. The first-order chi connectivity index (χ1) is 25.8. The molecular formula is C50H33NO. The first kappa shape index (κ1) is 30.0. The van der Waals surface area contributed by atoms with Gasteiger partial charge in [0.05, 0.1) is 5.69 Å². The molecule has 10 rings (SSSR count). The molecular weight excluding hydrogens is 631 g/mol. The Morgan fingerprint density at radius 1 is 0.327 bits per heavy atom. The number of nitrogens with zero attached hydrogens (tertiary/aromatic N) is 1. The lowest BCUT2D eigenvalue weighted by molar-refractivity contribution is 0.669. The molecule has 0 amide bonds. The van der Waals surface area contributed by atoms with E-state index >= 15 is 0 Å². The topological polar surface area (TPSA) is 16.4 Å². The minimum Gasteiger partial charge on any atom is -0.456 e. The van der Waals surface area contributed by atoms with Crippen molar-refractivity contribution in [2.24, 2.45) is 0 Å². The predicted octanol–water partition coefficient (Wildman–Crippen LogP) is 14.4. The van der Waals surface area contributed by atoms with Gasteiger partial charge in [-0.15, -0.1) is 0 Å². The third-order valence-electron chi connectivity index (χ3n) is 10.3. The van der Waals surface area contributed by atoms with Crippen molar-refractivity contribution < 1.29 is 4.42 Å². The Morgan fingerprint density at radius 2 is 0.904 bits per heavy atom. The summed E-state index contributed by atoms with van der Waals surface area (Å²) < 4.78 is 6.41. The van der Waals surface area contributed by atoms with Crippen LogP contribution in [0.1, 0.15) is 0 Å². The summed E-state index contributed by atoms with van der Waals surface area (Å²) in [6.45, 7) is 0. The molecule has 0 fully saturated rings. The van der Waals surface area contributed by atoms with Gasteiger partial charge in [0.25, 0.3) is 0 Å². The molecule has 1 heterocycles. The van der Waals surface area contributed by atoms with Crippen LogP contribution >= 0.6 is 0 Å². The summed E-state index contributed by atoms with van der Waals surface area (Å²) in [6, 6.07) is 71.6. The van der Waals surface area contributed by atoms with E-state index in [2.05, 4.69) is 205 Å². The van der Waals surface area contributed by atoms with Crippen molar-refractivity contribution in [3.8, 4) is 33.4 Å². The van der Waals surface area contributed by atoms with Gasteiger partial charge in [-0.25, -0.2) is 0 Å². The fourth-order valence-electron chi connectivity index (χ4n) is 7.75. The van der Waals surface area contributed by atoms with E-state index in [0.717, 1.165) is 44.7 Å². The van der Waals surface area contributed by atoms with Crippen LogP contribution in [0.2, 0.25) is 0 Å². The van der Waals surface area contributed by atoms with Crippen LogP contribution in [-0.4, -0.2) is 0 Å². The molecule has 0 bridgehead atoms. The maximum atomic E-state index is 6.41. The Bertz CT molecular complexity index is 2880. The summed E-state index contributed by atoms with van der Waals surface area (Å²) >= 11 is 0. The number of fused-ring (bicyclic) bond motifs is 6. The maximum Gasteiger partial charge on any atom is 0.136 e. The molecule has 244 valence electrons. The molecule has 0 aliphatic heterocycles. The molecule has 1 aromatic heterocycles. The van der Waals surface area contributed by atoms with E-state index in [9.17, 15) is 0 Å². The van der Waals surface area contributed by atoms with Gasteiger partial charge in [0.15, 0.2) is 0 Å². The number of para-hydroxylation sites is 1. The molecule has 10 aromatic rings. The molecule has 2 heteroatoms. The van der Waals surface area contributed by atoms with Gasteiger partial charge >= 0.3 is 0 Å². The van der Waals surface area contributed by atoms with E-state index in [-0.39, 0.29) is 0 Å². The van der Waals surface area contributed by atoms with Crippen molar-refractivity contribution >= 4 is 60.5 Å². The molecule has 2 nitrogen and oxygen atoms in total. The molecule has 0 spiro atoms. The second kappa shape index (κ2) is 12.5. The van der Waals surface area contributed by atoms with E-state index in [1.807, 2.05) is 0 Å². The minimum absolute atomic E-state index is 0.901. The quantitative estimate of drug-likeness (QED) is 0.176. The number of furan rings is 1. The number of benzene rings is 9. The monoisotopic (exact) mass is 663 g/mol. The average Bonchev–Trinajstić information content (AvgIpc) is 3.60. The van der Waals surface area contributed by atoms with Crippen LogP contribution in [0.5, 0.6) is 0 Å². The zero-order valence-corrected chi connectivity index (χ0v) is 28.4. The molecule has 0 aliphatic rings. The standard InChI is InChI=1S/C50H33NO/c1-2-11-36(12-3-1)44-17-8-9-20-47(44)51(41-29-23-38(24-30-41)43-19-10-15-35-13-4-6-16-42(35)43)40-27-21-34(22-28-40)39-25-31-46-49(33-39)52-48-32-26-37-14-5-7-18-45(37)50(46)48/h1-33H. The molecule has 52 heavy (non-hydrogen) atoms. The summed E-state index contributed by atoms with van der Waals surface area (Å²) in [5.41, 5.74) is 12.2. The zero-order valence-electron chi connectivity index (χ0n) is 28.4. The van der Waals surface area contributed by atoms with Crippen LogP contribution in [0.15, 0.2) is 205 Å². The van der Waals surface area contributed by atoms with Crippen molar-refractivity contribution in [1.29, 1.82) is 0 Å². The zero-order chi connectivity index (χ0) is 34.4. The van der Waals surface area contributed by atoms with E-state index in [4.69, 9.17) is 4.42 Å². The normalized spacial score (nSPS) is 11.5.